The summed E-state index contributed by atoms with van der Waals surface area (Å²) in [5.41, 5.74) is 0. The van der Waals surface area contributed by atoms with Gasteiger partial charge < -0.3 is 4.90 Å². The SMILES string of the molecule is CCC1CC(F)(F)CN1C(C)=O. The van der Waals surface area contributed by atoms with Gasteiger partial charge in [-0.05, 0) is 6.42 Å². The lowest BCUT2D eigenvalue weighted by atomic mass is 10.1. The van der Waals surface area contributed by atoms with E-state index in [4.69, 9.17) is 0 Å². The number of rotatable bonds is 1. The van der Waals surface area contributed by atoms with Gasteiger partial charge in [-0.15, -0.1) is 0 Å². The molecule has 1 unspecified atom stereocenters. The summed E-state index contributed by atoms with van der Waals surface area (Å²) in [4.78, 5) is 12.2. The number of alkyl halides is 2. The van der Waals surface area contributed by atoms with Gasteiger partial charge in [-0.1, -0.05) is 6.92 Å². The molecule has 1 atom stereocenters. The normalized spacial score (nSPS) is 27.7. The zero-order valence-corrected chi connectivity index (χ0v) is 7.31. The van der Waals surface area contributed by atoms with Gasteiger partial charge >= 0.3 is 0 Å². The summed E-state index contributed by atoms with van der Waals surface area (Å²) in [6.07, 6.45) is 0.429. The highest BCUT2D eigenvalue weighted by Crippen LogP contribution is 2.33. The highest BCUT2D eigenvalue weighted by atomic mass is 19.3. The molecule has 0 aromatic carbocycles. The number of carbonyl (C=O) groups excluding carboxylic acids is 1. The molecule has 1 amide bonds. The molecule has 70 valence electrons. The smallest absolute Gasteiger partial charge is 0.267 e. The van der Waals surface area contributed by atoms with Gasteiger partial charge in [0.1, 0.15) is 0 Å². The van der Waals surface area contributed by atoms with Crippen LogP contribution in [0.5, 0.6) is 0 Å². The maximum atomic E-state index is 12.8. The molecular formula is C8H13F2NO. The predicted molar refractivity (Wildman–Crippen MR) is 41.0 cm³/mol. The Labute approximate surface area is 70.5 Å². The van der Waals surface area contributed by atoms with E-state index in [9.17, 15) is 13.6 Å². The van der Waals surface area contributed by atoms with Gasteiger partial charge in [-0.2, -0.15) is 0 Å². The molecule has 0 aliphatic carbocycles. The standard InChI is InChI=1S/C8H13F2NO/c1-3-7-4-8(9,10)5-11(7)6(2)12/h7H,3-5H2,1-2H3. The van der Waals surface area contributed by atoms with Crippen molar-refractivity contribution < 1.29 is 13.6 Å². The van der Waals surface area contributed by atoms with Crippen molar-refractivity contribution >= 4 is 5.91 Å². The van der Waals surface area contributed by atoms with Crippen molar-refractivity contribution in [1.82, 2.24) is 4.90 Å². The summed E-state index contributed by atoms with van der Waals surface area (Å²) >= 11 is 0. The monoisotopic (exact) mass is 177 g/mol. The number of carbonyl (C=O) groups is 1. The lowest BCUT2D eigenvalue weighted by Crippen LogP contribution is -2.34. The van der Waals surface area contributed by atoms with Crippen molar-refractivity contribution in [2.75, 3.05) is 6.54 Å². The highest BCUT2D eigenvalue weighted by molar-refractivity contribution is 5.74. The molecule has 1 rings (SSSR count). The maximum Gasteiger partial charge on any atom is 0.267 e. The fraction of sp³-hybridized carbons (Fsp3) is 0.875. The quantitative estimate of drug-likeness (QED) is 0.596. The highest BCUT2D eigenvalue weighted by Gasteiger charge is 2.44. The molecule has 1 aliphatic heterocycles. The van der Waals surface area contributed by atoms with Gasteiger partial charge in [0, 0.05) is 19.4 Å². The van der Waals surface area contributed by atoms with Crippen LogP contribution in [-0.4, -0.2) is 29.3 Å². The van der Waals surface area contributed by atoms with Crippen molar-refractivity contribution in [3.05, 3.63) is 0 Å². The van der Waals surface area contributed by atoms with Crippen LogP contribution >= 0.6 is 0 Å². The van der Waals surface area contributed by atoms with Crippen LogP contribution in [0.25, 0.3) is 0 Å². The topological polar surface area (TPSA) is 20.3 Å². The molecule has 0 saturated carbocycles. The molecule has 0 bridgehead atoms. The van der Waals surface area contributed by atoms with Gasteiger partial charge in [0.2, 0.25) is 5.91 Å². The molecule has 0 aromatic heterocycles. The fourth-order valence-electron chi connectivity index (χ4n) is 1.63. The van der Waals surface area contributed by atoms with Crippen LogP contribution in [0.1, 0.15) is 26.7 Å². The second kappa shape index (κ2) is 2.99. The Balaban J connectivity index is 2.69. The van der Waals surface area contributed by atoms with Gasteiger partial charge in [0.15, 0.2) is 0 Å². The number of hydrogen-bond acceptors (Lipinski definition) is 1. The molecule has 0 aromatic rings. The summed E-state index contributed by atoms with van der Waals surface area (Å²) in [7, 11) is 0. The van der Waals surface area contributed by atoms with E-state index < -0.39 is 12.5 Å². The Morgan fingerprint density at radius 3 is 2.58 bits per heavy atom. The van der Waals surface area contributed by atoms with E-state index in [-0.39, 0.29) is 18.4 Å². The van der Waals surface area contributed by atoms with Crippen LogP contribution in [-0.2, 0) is 4.79 Å². The minimum atomic E-state index is -2.67. The molecule has 0 N–H and O–H groups in total. The Bertz CT molecular complexity index is 193. The minimum Gasteiger partial charge on any atom is -0.334 e. The van der Waals surface area contributed by atoms with Gasteiger partial charge in [0.25, 0.3) is 5.92 Å². The van der Waals surface area contributed by atoms with E-state index >= 15 is 0 Å². The third-order valence-corrected chi connectivity index (χ3v) is 2.25. The third kappa shape index (κ3) is 1.73. The summed E-state index contributed by atoms with van der Waals surface area (Å²) in [6.45, 7) is 2.76. The van der Waals surface area contributed by atoms with Crippen molar-refractivity contribution in [2.45, 2.75) is 38.7 Å². The second-order valence-corrected chi connectivity index (χ2v) is 3.27. The van der Waals surface area contributed by atoms with E-state index in [2.05, 4.69) is 0 Å². The van der Waals surface area contributed by atoms with Crippen LogP contribution in [0.3, 0.4) is 0 Å². The number of hydrogen-bond donors (Lipinski definition) is 0. The van der Waals surface area contributed by atoms with Crippen molar-refractivity contribution in [2.24, 2.45) is 0 Å². The molecular weight excluding hydrogens is 164 g/mol. The number of nitrogens with zero attached hydrogens (tertiary/aromatic N) is 1. The predicted octanol–water partition coefficient (Wildman–Crippen LogP) is 1.65. The Hall–Kier alpha value is -0.670. The summed E-state index contributed by atoms with van der Waals surface area (Å²) < 4.78 is 25.6. The molecule has 12 heavy (non-hydrogen) atoms. The van der Waals surface area contributed by atoms with Crippen LogP contribution in [0.4, 0.5) is 8.78 Å². The Morgan fingerprint density at radius 2 is 2.25 bits per heavy atom. The average Bonchev–Trinajstić information content (AvgIpc) is 2.25. The molecule has 1 heterocycles. The zero-order valence-electron chi connectivity index (χ0n) is 7.31. The van der Waals surface area contributed by atoms with E-state index in [1.165, 1.54) is 11.8 Å². The lowest BCUT2D eigenvalue weighted by Gasteiger charge is -2.20. The molecule has 0 radical (unpaired) electrons. The molecule has 2 nitrogen and oxygen atoms in total. The Kier molecular flexibility index (Phi) is 2.35. The van der Waals surface area contributed by atoms with Gasteiger partial charge in [-0.3, -0.25) is 4.79 Å². The Morgan fingerprint density at radius 1 is 1.67 bits per heavy atom. The largest absolute Gasteiger partial charge is 0.334 e. The third-order valence-electron chi connectivity index (χ3n) is 2.25. The van der Waals surface area contributed by atoms with Crippen molar-refractivity contribution in [3.8, 4) is 0 Å². The summed E-state index contributed by atoms with van der Waals surface area (Å²) in [6, 6.07) is -0.266. The first-order chi connectivity index (χ1) is 5.46. The summed E-state index contributed by atoms with van der Waals surface area (Å²) in [5.74, 6) is -2.93. The van der Waals surface area contributed by atoms with Crippen LogP contribution in [0, 0.1) is 0 Å². The molecule has 1 aliphatic rings. The van der Waals surface area contributed by atoms with Crippen LogP contribution in [0.15, 0.2) is 0 Å². The minimum absolute atomic E-state index is 0.178. The van der Waals surface area contributed by atoms with Gasteiger partial charge in [0.05, 0.1) is 6.54 Å². The number of likely N-dealkylation sites (tertiary alicyclic amines) is 1. The van der Waals surface area contributed by atoms with Crippen LogP contribution < -0.4 is 0 Å². The fourth-order valence-corrected chi connectivity index (χ4v) is 1.63. The molecule has 1 fully saturated rings. The van der Waals surface area contributed by atoms with E-state index in [1.54, 1.807) is 0 Å². The second-order valence-electron chi connectivity index (χ2n) is 3.27. The molecule has 4 heteroatoms. The van der Waals surface area contributed by atoms with Crippen molar-refractivity contribution in [3.63, 3.8) is 0 Å². The average molecular weight is 177 g/mol. The first-order valence-electron chi connectivity index (χ1n) is 4.11. The first kappa shape index (κ1) is 9.42. The van der Waals surface area contributed by atoms with Gasteiger partial charge in [-0.25, -0.2) is 8.78 Å². The van der Waals surface area contributed by atoms with Crippen LogP contribution in [0.2, 0.25) is 0 Å². The van der Waals surface area contributed by atoms with E-state index in [0.29, 0.717) is 6.42 Å². The molecule has 1 saturated heterocycles. The molecule has 0 spiro atoms. The summed E-state index contributed by atoms with van der Waals surface area (Å²) in [5, 5.41) is 0. The maximum absolute atomic E-state index is 12.8. The number of halogens is 2. The van der Waals surface area contributed by atoms with E-state index in [1.807, 2.05) is 6.92 Å². The van der Waals surface area contributed by atoms with E-state index in [0.717, 1.165) is 0 Å². The first-order valence-corrected chi connectivity index (χ1v) is 4.11. The lowest BCUT2D eigenvalue weighted by molar-refractivity contribution is -0.130. The van der Waals surface area contributed by atoms with Crippen molar-refractivity contribution in [1.29, 1.82) is 0 Å². The zero-order chi connectivity index (χ0) is 9.35. The number of amides is 1.